The third-order valence-electron chi connectivity index (χ3n) is 4.30. The van der Waals surface area contributed by atoms with Gasteiger partial charge in [0.05, 0.1) is 11.4 Å². The number of rotatable bonds is 6. The van der Waals surface area contributed by atoms with Gasteiger partial charge in [0.15, 0.2) is 0 Å². The lowest BCUT2D eigenvalue weighted by molar-refractivity contribution is 0.103. The number of aromatic nitrogens is 2. The van der Waals surface area contributed by atoms with Crippen molar-refractivity contribution in [1.29, 1.82) is 0 Å². The highest BCUT2D eigenvalue weighted by atomic mass is 32.1. The summed E-state index contributed by atoms with van der Waals surface area (Å²) >= 11 is 1.27. The number of nitrogens with zero attached hydrogens (tertiary/aromatic N) is 2. The van der Waals surface area contributed by atoms with Gasteiger partial charge in [0.25, 0.3) is 5.91 Å². The van der Waals surface area contributed by atoms with Crippen LogP contribution in [0.4, 0.5) is 10.1 Å². The van der Waals surface area contributed by atoms with E-state index in [1.165, 1.54) is 23.5 Å². The number of ether oxygens (including phenoxy) is 1. The molecule has 1 amide bonds. The Morgan fingerprint density at radius 2 is 1.93 bits per heavy atom. The summed E-state index contributed by atoms with van der Waals surface area (Å²) in [7, 11) is 0. The minimum Gasteiger partial charge on any atom is -0.487 e. The van der Waals surface area contributed by atoms with E-state index in [1.807, 2.05) is 30.3 Å². The summed E-state index contributed by atoms with van der Waals surface area (Å²) in [5, 5.41) is 3.56. The highest BCUT2D eigenvalue weighted by Gasteiger charge is 2.16. The summed E-state index contributed by atoms with van der Waals surface area (Å²) in [6.07, 6.45) is 1.72. The molecular formula is C23H18FN3O2S. The first-order chi connectivity index (χ1) is 14.6. The Kier molecular flexibility index (Phi) is 5.81. The number of benzene rings is 2. The van der Waals surface area contributed by atoms with Crippen LogP contribution in [0, 0.1) is 12.7 Å². The first-order valence-corrected chi connectivity index (χ1v) is 10.1. The molecular weight excluding hydrogens is 401 g/mol. The Labute approximate surface area is 177 Å². The summed E-state index contributed by atoms with van der Waals surface area (Å²) in [6, 6.07) is 18.9. The third kappa shape index (κ3) is 4.69. The second-order valence-electron chi connectivity index (χ2n) is 6.53. The van der Waals surface area contributed by atoms with E-state index in [4.69, 9.17) is 4.74 Å². The Morgan fingerprint density at radius 3 is 2.70 bits per heavy atom. The number of aryl methyl sites for hydroxylation is 1. The van der Waals surface area contributed by atoms with Gasteiger partial charge >= 0.3 is 0 Å². The van der Waals surface area contributed by atoms with Gasteiger partial charge in [0.2, 0.25) is 0 Å². The average Bonchev–Trinajstić information content (AvgIpc) is 3.15. The van der Waals surface area contributed by atoms with Crippen LogP contribution in [0.2, 0.25) is 0 Å². The van der Waals surface area contributed by atoms with E-state index < -0.39 is 0 Å². The molecule has 5 nitrogen and oxygen atoms in total. The van der Waals surface area contributed by atoms with Crippen molar-refractivity contribution in [2.24, 2.45) is 0 Å². The molecule has 30 heavy (non-hydrogen) atoms. The van der Waals surface area contributed by atoms with Gasteiger partial charge in [-0.25, -0.2) is 9.37 Å². The molecule has 2 aromatic heterocycles. The fraction of sp³-hybridized carbons (Fsp3) is 0.0870. The number of pyridine rings is 1. The maximum atomic E-state index is 13.1. The lowest BCUT2D eigenvalue weighted by atomic mass is 10.2. The van der Waals surface area contributed by atoms with Crippen molar-refractivity contribution in [2.75, 3.05) is 5.32 Å². The third-order valence-corrected chi connectivity index (χ3v) is 5.50. The van der Waals surface area contributed by atoms with Gasteiger partial charge in [-0.2, -0.15) is 0 Å². The quantitative estimate of drug-likeness (QED) is 0.449. The van der Waals surface area contributed by atoms with Gasteiger partial charge in [-0.05, 0) is 55.5 Å². The number of carbonyl (C=O) groups is 1. The van der Waals surface area contributed by atoms with Crippen molar-refractivity contribution in [3.63, 3.8) is 0 Å². The molecule has 0 saturated heterocycles. The van der Waals surface area contributed by atoms with E-state index in [0.717, 1.165) is 11.3 Å². The van der Waals surface area contributed by atoms with Crippen molar-refractivity contribution in [3.05, 3.63) is 95.0 Å². The molecule has 1 N–H and O–H groups in total. The number of halogens is 1. The zero-order valence-corrected chi connectivity index (χ0v) is 16.9. The van der Waals surface area contributed by atoms with Crippen LogP contribution in [-0.2, 0) is 6.61 Å². The normalized spacial score (nSPS) is 10.6. The Hall–Kier alpha value is -3.58. The zero-order chi connectivity index (χ0) is 20.9. The highest BCUT2D eigenvalue weighted by molar-refractivity contribution is 7.17. The molecule has 0 fully saturated rings. The molecule has 0 bridgehead atoms. The van der Waals surface area contributed by atoms with Crippen LogP contribution in [0.3, 0.4) is 0 Å². The number of anilines is 1. The summed E-state index contributed by atoms with van der Waals surface area (Å²) < 4.78 is 18.9. The number of hydrogen-bond acceptors (Lipinski definition) is 5. The van der Waals surface area contributed by atoms with Crippen molar-refractivity contribution >= 4 is 22.9 Å². The highest BCUT2D eigenvalue weighted by Crippen LogP contribution is 2.29. The molecule has 0 spiro atoms. The molecule has 2 aromatic carbocycles. The molecule has 0 atom stereocenters. The number of amides is 1. The summed E-state index contributed by atoms with van der Waals surface area (Å²) in [6.45, 7) is 2.12. The monoisotopic (exact) mass is 419 g/mol. The topological polar surface area (TPSA) is 64.1 Å². The van der Waals surface area contributed by atoms with Crippen LogP contribution in [0.25, 0.3) is 10.6 Å². The Bertz CT molecular complexity index is 1160. The molecule has 0 aliphatic heterocycles. The van der Waals surface area contributed by atoms with Crippen LogP contribution < -0.4 is 10.1 Å². The fourth-order valence-electron chi connectivity index (χ4n) is 2.82. The second-order valence-corrected chi connectivity index (χ2v) is 7.53. The van der Waals surface area contributed by atoms with Crippen molar-refractivity contribution in [3.8, 4) is 16.3 Å². The minimum absolute atomic E-state index is 0.250. The lowest BCUT2D eigenvalue weighted by Crippen LogP contribution is -2.11. The van der Waals surface area contributed by atoms with Crippen LogP contribution in [-0.4, -0.2) is 15.9 Å². The second kappa shape index (κ2) is 8.84. The van der Waals surface area contributed by atoms with Gasteiger partial charge in [-0.15, -0.1) is 11.3 Å². The fourth-order valence-corrected chi connectivity index (χ4v) is 3.78. The molecule has 4 rings (SSSR count). The van der Waals surface area contributed by atoms with E-state index in [1.54, 1.807) is 37.4 Å². The SMILES string of the molecule is Cc1nc(-c2ccc(F)cc2)sc1C(=O)Nc1cccc(OCc2ccccn2)c1. The maximum absolute atomic E-state index is 13.1. The summed E-state index contributed by atoms with van der Waals surface area (Å²) in [5.41, 5.74) is 2.84. The smallest absolute Gasteiger partial charge is 0.267 e. The minimum atomic E-state index is -0.310. The molecule has 4 aromatic rings. The Balaban J connectivity index is 1.45. The molecule has 2 heterocycles. The predicted octanol–water partition coefficient (Wildman–Crippen LogP) is 5.48. The number of thiazole rings is 1. The maximum Gasteiger partial charge on any atom is 0.267 e. The van der Waals surface area contributed by atoms with Crippen LogP contribution in [0.15, 0.2) is 72.9 Å². The van der Waals surface area contributed by atoms with Crippen LogP contribution in [0.1, 0.15) is 21.1 Å². The van der Waals surface area contributed by atoms with E-state index in [0.29, 0.717) is 33.6 Å². The van der Waals surface area contributed by atoms with E-state index in [-0.39, 0.29) is 11.7 Å². The molecule has 150 valence electrons. The molecule has 0 aliphatic rings. The van der Waals surface area contributed by atoms with Gasteiger partial charge < -0.3 is 10.1 Å². The molecule has 0 saturated carbocycles. The molecule has 0 unspecified atom stereocenters. The van der Waals surface area contributed by atoms with E-state index in [2.05, 4.69) is 15.3 Å². The van der Waals surface area contributed by atoms with Gasteiger partial charge in [0.1, 0.15) is 28.1 Å². The van der Waals surface area contributed by atoms with E-state index >= 15 is 0 Å². The van der Waals surface area contributed by atoms with Crippen molar-refractivity contribution in [1.82, 2.24) is 9.97 Å². The van der Waals surface area contributed by atoms with E-state index in [9.17, 15) is 9.18 Å². The summed E-state index contributed by atoms with van der Waals surface area (Å²) in [4.78, 5) is 22.0. The summed E-state index contributed by atoms with van der Waals surface area (Å²) in [5.74, 6) is 0.0712. The molecule has 7 heteroatoms. The standard InChI is InChI=1S/C23H18FN3O2S/c1-15-21(30-23(26-15)16-8-10-17(24)11-9-16)22(28)27-18-6-4-7-20(13-18)29-14-19-5-2-3-12-25-19/h2-13H,14H2,1H3,(H,27,28). The van der Waals surface area contributed by atoms with Crippen molar-refractivity contribution < 1.29 is 13.9 Å². The van der Waals surface area contributed by atoms with Gasteiger partial charge in [-0.1, -0.05) is 12.1 Å². The van der Waals surface area contributed by atoms with Crippen LogP contribution >= 0.6 is 11.3 Å². The largest absolute Gasteiger partial charge is 0.487 e. The molecule has 0 aliphatic carbocycles. The van der Waals surface area contributed by atoms with Gasteiger partial charge in [-0.3, -0.25) is 9.78 Å². The number of nitrogens with one attached hydrogen (secondary N) is 1. The number of hydrogen-bond donors (Lipinski definition) is 1. The molecule has 0 radical (unpaired) electrons. The first-order valence-electron chi connectivity index (χ1n) is 9.26. The Morgan fingerprint density at radius 1 is 1.10 bits per heavy atom. The van der Waals surface area contributed by atoms with Crippen LogP contribution in [0.5, 0.6) is 5.75 Å². The number of carbonyl (C=O) groups excluding carboxylic acids is 1. The average molecular weight is 419 g/mol. The zero-order valence-electron chi connectivity index (χ0n) is 16.1. The predicted molar refractivity (Wildman–Crippen MR) is 115 cm³/mol. The van der Waals surface area contributed by atoms with Crippen molar-refractivity contribution in [2.45, 2.75) is 13.5 Å². The first kappa shape index (κ1) is 19.7. The lowest BCUT2D eigenvalue weighted by Gasteiger charge is -2.08. The van der Waals surface area contributed by atoms with Gasteiger partial charge in [0, 0.05) is 23.5 Å².